The number of hydrogen-bond donors (Lipinski definition) is 0. The highest BCUT2D eigenvalue weighted by Crippen LogP contribution is 2.31. The molecule has 6 heteroatoms. The fourth-order valence-electron chi connectivity index (χ4n) is 1.57. The van der Waals surface area contributed by atoms with E-state index in [-0.39, 0.29) is 22.9 Å². The Bertz CT molecular complexity index is 700. The Labute approximate surface area is 127 Å². The zero-order valence-electron chi connectivity index (χ0n) is 9.96. The quantitative estimate of drug-likeness (QED) is 0.736. The summed E-state index contributed by atoms with van der Waals surface area (Å²) in [5, 5.41) is 8.73. The number of rotatable bonds is 3. The Kier molecular flexibility index (Phi) is 4.58. The number of ether oxygens (including phenoxy) is 1. The first-order valence-corrected chi connectivity index (χ1v) is 6.63. The normalized spacial score (nSPS) is 10.2. The summed E-state index contributed by atoms with van der Waals surface area (Å²) in [4.78, 5) is 0. The van der Waals surface area contributed by atoms with Crippen LogP contribution in [0.5, 0.6) is 5.75 Å². The SMILES string of the molecule is N#Cc1cc(F)cc(COc2cc(F)c(Cl)cc2Br)c1. The third-order valence-corrected chi connectivity index (χ3v) is 3.37. The fourth-order valence-corrected chi connectivity index (χ4v) is 2.33. The van der Waals surface area contributed by atoms with Crippen LogP contribution in [0.25, 0.3) is 0 Å². The molecule has 0 fully saturated rings. The zero-order valence-corrected chi connectivity index (χ0v) is 12.3. The van der Waals surface area contributed by atoms with Crippen molar-refractivity contribution in [3.8, 4) is 11.8 Å². The summed E-state index contributed by atoms with van der Waals surface area (Å²) >= 11 is 8.81. The first-order chi connectivity index (χ1) is 9.49. The Hall–Kier alpha value is -1.64. The van der Waals surface area contributed by atoms with Crippen LogP contribution < -0.4 is 4.74 Å². The van der Waals surface area contributed by atoms with Crippen molar-refractivity contribution in [1.29, 1.82) is 5.26 Å². The highest BCUT2D eigenvalue weighted by molar-refractivity contribution is 9.10. The summed E-state index contributed by atoms with van der Waals surface area (Å²) in [6.45, 7) is 0.00606. The number of nitriles is 1. The van der Waals surface area contributed by atoms with Gasteiger partial charge in [0.15, 0.2) is 0 Å². The Balaban J connectivity index is 2.19. The molecule has 0 N–H and O–H groups in total. The lowest BCUT2D eigenvalue weighted by atomic mass is 10.1. The van der Waals surface area contributed by atoms with Crippen molar-refractivity contribution in [2.45, 2.75) is 6.61 Å². The standard InChI is InChI=1S/C14H7BrClF2NO/c15-11-4-12(16)13(18)5-14(11)20-7-9-1-8(6-19)2-10(17)3-9/h1-5H,7H2. The van der Waals surface area contributed by atoms with Crippen molar-refractivity contribution in [3.63, 3.8) is 0 Å². The van der Waals surface area contributed by atoms with Crippen LogP contribution in [-0.2, 0) is 6.61 Å². The molecule has 0 saturated carbocycles. The molecule has 2 nitrogen and oxygen atoms in total. The maximum atomic E-state index is 13.3. The van der Waals surface area contributed by atoms with E-state index in [0.29, 0.717) is 10.0 Å². The molecule has 0 spiro atoms. The van der Waals surface area contributed by atoms with Gasteiger partial charge in [-0.25, -0.2) is 8.78 Å². The summed E-state index contributed by atoms with van der Waals surface area (Å²) in [5.74, 6) is -0.888. The molecule has 0 radical (unpaired) electrons. The van der Waals surface area contributed by atoms with Gasteiger partial charge in [0.25, 0.3) is 0 Å². The Morgan fingerprint density at radius 2 is 1.95 bits per heavy atom. The molecule has 20 heavy (non-hydrogen) atoms. The lowest BCUT2D eigenvalue weighted by Gasteiger charge is -2.09. The van der Waals surface area contributed by atoms with Gasteiger partial charge in [0.1, 0.15) is 24.0 Å². The van der Waals surface area contributed by atoms with Crippen LogP contribution in [-0.4, -0.2) is 0 Å². The molecule has 0 aromatic heterocycles. The monoisotopic (exact) mass is 357 g/mol. The molecule has 0 heterocycles. The van der Waals surface area contributed by atoms with Crippen LogP contribution >= 0.6 is 27.5 Å². The second kappa shape index (κ2) is 6.21. The van der Waals surface area contributed by atoms with Crippen LogP contribution in [0.1, 0.15) is 11.1 Å². The molecule has 0 aliphatic heterocycles. The minimum Gasteiger partial charge on any atom is -0.488 e. The topological polar surface area (TPSA) is 33.0 Å². The minimum absolute atomic E-state index is 0.00606. The third-order valence-electron chi connectivity index (χ3n) is 2.46. The minimum atomic E-state index is -0.609. The van der Waals surface area contributed by atoms with E-state index < -0.39 is 11.6 Å². The van der Waals surface area contributed by atoms with Crippen molar-refractivity contribution in [3.05, 3.63) is 62.6 Å². The van der Waals surface area contributed by atoms with Gasteiger partial charge in [-0.15, -0.1) is 0 Å². The zero-order chi connectivity index (χ0) is 14.7. The highest BCUT2D eigenvalue weighted by atomic mass is 79.9. The van der Waals surface area contributed by atoms with E-state index >= 15 is 0 Å². The maximum absolute atomic E-state index is 13.3. The second-order valence-corrected chi connectivity index (χ2v) is 5.21. The van der Waals surface area contributed by atoms with Crippen molar-refractivity contribution < 1.29 is 13.5 Å². The van der Waals surface area contributed by atoms with E-state index in [0.717, 1.165) is 12.1 Å². The number of halogens is 4. The largest absolute Gasteiger partial charge is 0.488 e. The molecule has 0 saturated heterocycles. The van der Waals surface area contributed by atoms with Crippen LogP contribution in [0.4, 0.5) is 8.78 Å². The highest BCUT2D eigenvalue weighted by Gasteiger charge is 2.09. The second-order valence-electron chi connectivity index (χ2n) is 3.95. The van der Waals surface area contributed by atoms with Gasteiger partial charge in [0.2, 0.25) is 0 Å². The molecular formula is C14H7BrClF2NO. The lowest BCUT2D eigenvalue weighted by Crippen LogP contribution is -1.98. The van der Waals surface area contributed by atoms with Gasteiger partial charge >= 0.3 is 0 Å². The predicted octanol–water partition coefficient (Wildman–Crippen LogP) is 4.83. The number of hydrogen-bond acceptors (Lipinski definition) is 2. The van der Waals surface area contributed by atoms with E-state index in [2.05, 4.69) is 15.9 Å². The van der Waals surface area contributed by atoms with Gasteiger partial charge in [-0.3, -0.25) is 0 Å². The average Bonchev–Trinajstić information content (AvgIpc) is 2.40. The summed E-state index contributed by atoms with van der Waals surface area (Å²) in [5.41, 5.74) is 0.675. The average molecular weight is 359 g/mol. The first-order valence-electron chi connectivity index (χ1n) is 5.46. The Morgan fingerprint density at radius 3 is 2.65 bits per heavy atom. The van der Waals surface area contributed by atoms with E-state index in [1.807, 2.05) is 6.07 Å². The summed E-state index contributed by atoms with van der Waals surface area (Å²) in [6, 6.07) is 8.24. The first kappa shape index (κ1) is 14.8. The fraction of sp³-hybridized carbons (Fsp3) is 0.0714. The van der Waals surface area contributed by atoms with Crippen molar-refractivity contribution in [2.24, 2.45) is 0 Å². The van der Waals surface area contributed by atoms with Crippen LogP contribution in [0.2, 0.25) is 5.02 Å². The predicted molar refractivity (Wildman–Crippen MR) is 74.6 cm³/mol. The molecular weight excluding hydrogens is 352 g/mol. The summed E-state index contributed by atoms with van der Waals surface area (Å²) in [7, 11) is 0. The molecule has 2 aromatic rings. The molecule has 102 valence electrons. The van der Waals surface area contributed by atoms with Crippen molar-refractivity contribution >= 4 is 27.5 Å². The van der Waals surface area contributed by atoms with Gasteiger partial charge in [-0.1, -0.05) is 11.6 Å². The van der Waals surface area contributed by atoms with Crippen LogP contribution in [0, 0.1) is 23.0 Å². The molecule has 0 bridgehead atoms. The summed E-state index contributed by atoms with van der Waals surface area (Å²) in [6.07, 6.45) is 0. The van der Waals surface area contributed by atoms with E-state index in [1.165, 1.54) is 18.2 Å². The van der Waals surface area contributed by atoms with Crippen molar-refractivity contribution in [2.75, 3.05) is 0 Å². The van der Waals surface area contributed by atoms with E-state index in [9.17, 15) is 8.78 Å². The van der Waals surface area contributed by atoms with Gasteiger partial charge in [0.05, 0.1) is 21.1 Å². The Morgan fingerprint density at radius 1 is 1.20 bits per heavy atom. The maximum Gasteiger partial charge on any atom is 0.145 e. The van der Waals surface area contributed by atoms with Gasteiger partial charge < -0.3 is 4.74 Å². The van der Waals surface area contributed by atoms with Gasteiger partial charge in [-0.2, -0.15) is 5.26 Å². The summed E-state index contributed by atoms with van der Waals surface area (Å²) < 4.78 is 32.5. The smallest absolute Gasteiger partial charge is 0.145 e. The molecule has 2 rings (SSSR count). The van der Waals surface area contributed by atoms with Crippen molar-refractivity contribution in [1.82, 2.24) is 0 Å². The third kappa shape index (κ3) is 3.47. The van der Waals surface area contributed by atoms with Crippen LogP contribution in [0.3, 0.4) is 0 Å². The molecule has 0 unspecified atom stereocenters. The molecule has 2 aromatic carbocycles. The molecule has 0 amide bonds. The lowest BCUT2D eigenvalue weighted by molar-refractivity contribution is 0.302. The molecule has 0 aliphatic carbocycles. The number of benzene rings is 2. The molecule has 0 atom stereocenters. The van der Waals surface area contributed by atoms with Gasteiger partial charge in [-0.05, 0) is 45.8 Å². The van der Waals surface area contributed by atoms with Gasteiger partial charge in [0, 0.05) is 6.07 Å². The van der Waals surface area contributed by atoms with Crippen LogP contribution in [0.15, 0.2) is 34.8 Å². The number of nitrogens with zero attached hydrogens (tertiary/aromatic N) is 1. The molecule has 0 aliphatic rings. The van der Waals surface area contributed by atoms with E-state index in [1.54, 1.807) is 0 Å². The van der Waals surface area contributed by atoms with E-state index in [4.69, 9.17) is 21.6 Å².